The molecule has 8 heteroatoms. The Morgan fingerprint density at radius 3 is 2.15 bits per heavy atom. The summed E-state index contributed by atoms with van der Waals surface area (Å²) >= 11 is 6.00. The van der Waals surface area contributed by atoms with E-state index in [1.54, 1.807) is 38.2 Å². The molecule has 0 saturated carbocycles. The Morgan fingerprint density at radius 2 is 1.53 bits per heavy atom. The zero-order valence-corrected chi connectivity index (χ0v) is 19.5. The average molecular weight is 475 g/mol. The highest BCUT2D eigenvalue weighted by molar-refractivity contribution is 6.30. The Morgan fingerprint density at radius 1 is 0.941 bits per heavy atom. The van der Waals surface area contributed by atoms with E-state index in [2.05, 4.69) is 5.10 Å². The number of carbonyl (C=O) groups excluding carboxylic acids is 1. The van der Waals surface area contributed by atoms with Gasteiger partial charge in [-0.15, -0.1) is 0 Å². The van der Waals surface area contributed by atoms with Crippen LogP contribution in [0.5, 0.6) is 0 Å². The van der Waals surface area contributed by atoms with Gasteiger partial charge in [0.25, 0.3) is 11.5 Å². The molecule has 0 N–H and O–H groups in total. The molecule has 0 aliphatic rings. The summed E-state index contributed by atoms with van der Waals surface area (Å²) in [5, 5.41) is 4.70. The highest BCUT2D eigenvalue weighted by Crippen LogP contribution is 2.16. The van der Waals surface area contributed by atoms with Crippen LogP contribution in [-0.2, 0) is 6.54 Å². The Bertz CT molecular complexity index is 1410. The zero-order valence-electron chi connectivity index (χ0n) is 18.8. The molecule has 34 heavy (non-hydrogen) atoms. The van der Waals surface area contributed by atoms with Gasteiger partial charge < -0.3 is 4.90 Å². The maximum Gasteiger partial charge on any atom is 0.352 e. The molecule has 1 heterocycles. The second-order valence-corrected chi connectivity index (χ2v) is 8.36. The van der Waals surface area contributed by atoms with E-state index in [0.717, 1.165) is 20.4 Å². The van der Waals surface area contributed by atoms with Crippen LogP contribution in [0, 0.1) is 0 Å². The molecule has 0 saturated heterocycles. The van der Waals surface area contributed by atoms with E-state index in [1.165, 1.54) is 4.90 Å². The number of carbonyl (C=O) groups is 1. The lowest BCUT2D eigenvalue weighted by molar-refractivity contribution is 0.0773. The fourth-order valence-corrected chi connectivity index (χ4v) is 3.83. The van der Waals surface area contributed by atoms with Crippen molar-refractivity contribution in [1.29, 1.82) is 0 Å². The van der Waals surface area contributed by atoms with Crippen LogP contribution in [0.4, 0.5) is 0 Å². The van der Waals surface area contributed by atoms with Crippen molar-refractivity contribution in [2.75, 3.05) is 7.05 Å². The highest BCUT2D eigenvalue weighted by Gasteiger charge is 2.25. The van der Waals surface area contributed by atoms with Crippen molar-refractivity contribution in [3.8, 4) is 5.69 Å². The van der Waals surface area contributed by atoms with Gasteiger partial charge in [-0.05, 0) is 42.3 Å². The van der Waals surface area contributed by atoms with E-state index in [4.69, 9.17) is 11.6 Å². The summed E-state index contributed by atoms with van der Waals surface area (Å²) in [7, 11) is 1.60. The van der Waals surface area contributed by atoms with Crippen LogP contribution in [0.15, 0.2) is 94.5 Å². The van der Waals surface area contributed by atoms with E-state index >= 15 is 0 Å². The molecular weight excluding hydrogens is 452 g/mol. The van der Waals surface area contributed by atoms with Crippen molar-refractivity contribution in [3.05, 3.63) is 128 Å². The standard InChI is InChI=1S/C26H23ClN4O3/c1-18(20-11-7-4-8-12-20)30-25(33)23(24(32)29(2)17-19-9-5-3-6-10-19)28-31(26(30)34)22-15-13-21(27)14-16-22/h3-16,18H,17H2,1-2H3/t18-/m0/s1. The van der Waals surface area contributed by atoms with Gasteiger partial charge in [0.15, 0.2) is 0 Å². The van der Waals surface area contributed by atoms with Crippen molar-refractivity contribution in [2.45, 2.75) is 19.5 Å². The minimum absolute atomic E-state index is 0.287. The quantitative estimate of drug-likeness (QED) is 0.424. The number of hydrogen-bond donors (Lipinski definition) is 0. The van der Waals surface area contributed by atoms with E-state index in [-0.39, 0.29) is 12.2 Å². The fraction of sp³-hybridized carbons (Fsp3) is 0.154. The van der Waals surface area contributed by atoms with Gasteiger partial charge in [-0.1, -0.05) is 72.3 Å². The Hall–Kier alpha value is -3.97. The molecular formula is C26H23ClN4O3. The highest BCUT2D eigenvalue weighted by atomic mass is 35.5. The average Bonchev–Trinajstić information content (AvgIpc) is 2.85. The summed E-state index contributed by atoms with van der Waals surface area (Å²) in [6.07, 6.45) is 0. The summed E-state index contributed by atoms with van der Waals surface area (Å²) in [6, 6.07) is 24.4. The van der Waals surface area contributed by atoms with Crippen LogP contribution in [0.1, 0.15) is 34.6 Å². The van der Waals surface area contributed by atoms with Gasteiger partial charge in [0.1, 0.15) is 0 Å². The van der Waals surface area contributed by atoms with Crippen LogP contribution in [-0.4, -0.2) is 32.2 Å². The van der Waals surface area contributed by atoms with E-state index in [0.29, 0.717) is 10.7 Å². The van der Waals surface area contributed by atoms with Crippen molar-refractivity contribution >= 4 is 17.5 Å². The maximum atomic E-state index is 13.5. The number of nitrogens with zero attached hydrogens (tertiary/aromatic N) is 4. The summed E-state index contributed by atoms with van der Waals surface area (Å²) in [5.41, 5.74) is 0.329. The molecule has 0 unspecified atom stereocenters. The van der Waals surface area contributed by atoms with Crippen LogP contribution >= 0.6 is 11.6 Å². The number of hydrogen-bond acceptors (Lipinski definition) is 4. The topological polar surface area (TPSA) is 77.2 Å². The minimum Gasteiger partial charge on any atom is -0.336 e. The summed E-state index contributed by atoms with van der Waals surface area (Å²) in [4.78, 5) is 41.6. The van der Waals surface area contributed by atoms with Crippen LogP contribution in [0.3, 0.4) is 0 Å². The number of halogens is 1. The van der Waals surface area contributed by atoms with E-state index in [9.17, 15) is 14.4 Å². The van der Waals surface area contributed by atoms with Crippen LogP contribution in [0.25, 0.3) is 5.69 Å². The zero-order chi connectivity index (χ0) is 24.2. The van der Waals surface area contributed by atoms with Gasteiger partial charge in [-0.25, -0.2) is 9.36 Å². The second-order valence-electron chi connectivity index (χ2n) is 7.93. The summed E-state index contributed by atoms with van der Waals surface area (Å²) in [6.45, 7) is 2.03. The number of benzene rings is 3. The van der Waals surface area contributed by atoms with Gasteiger partial charge in [-0.2, -0.15) is 9.78 Å². The van der Waals surface area contributed by atoms with Crippen molar-refractivity contribution in [1.82, 2.24) is 19.2 Å². The lowest BCUT2D eigenvalue weighted by Crippen LogP contribution is -2.47. The minimum atomic E-state index is -0.739. The second kappa shape index (κ2) is 9.89. The van der Waals surface area contributed by atoms with Crippen LogP contribution < -0.4 is 11.2 Å². The maximum absolute atomic E-state index is 13.5. The molecule has 0 aliphatic heterocycles. The number of aromatic nitrogens is 3. The van der Waals surface area contributed by atoms with Gasteiger partial charge in [0, 0.05) is 18.6 Å². The Balaban J connectivity index is 1.86. The molecule has 0 radical (unpaired) electrons. The SMILES string of the molecule is C[C@@H](c1ccccc1)n1c(=O)c(C(=O)N(C)Cc2ccccc2)nn(-c2ccc(Cl)cc2)c1=O. The van der Waals surface area contributed by atoms with Crippen LogP contribution in [0.2, 0.25) is 5.02 Å². The number of amides is 1. The molecule has 1 atom stereocenters. The molecule has 4 rings (SSSR count). The van der Waals surface area contributed by atoms with Gasteiger partial charge in [0.05, 0.1) is 11.7 Å². The molecule has 0 spiro atoms. The summed E-state index contributed by atoms with van der Waals surface area (Å²) in [5.74, 6) is -0.578. The lowest BCUT2D eigenvalue weighted by atomic mass is 10.1. The molecule has 0 aliphatic carbocycles. The van der Waals surface area contributed by atoms with Gasteiger partial charge in [0.2, 0.25) is 5.69 Å². The summed E-state index contributed by atoms with van der Waals surface area (Å²) < 4.78 is 2.14. The first-order valence-electron chi connectivity index (χ1n) is 10.7. The van der Waals surface area contributed by atoms with Gasteiger partial charge in [-0.3, -0.25) is 9.59 Å². The Kier molecular flexibility index (Phi) is 6.75. The first kappa shape index (κ1) is 23.2. The third kappa shape index (κ3) is 4.70. The first-order valence-corrected chi connectivity index (χ1v) is 11.1. The monoisotopic (exact) mass is 474 g/mol. The number of rotatable bonds is 6. The molecule has 1 aromatic heterocycles. The molecule has 4 aromatic rings. The molecule has 0 bridgehead atoms. The smallest absolute Gasteiger partial charge is 0.336 e. The van der Waals surface area contributed by atoms with E-state index in [1.807, 2.05) is 60.7 Å². The normalized spacial score (nSPS) is 11.7. The molecule has 7 nitrogen and oxygen atoms in total. The third-order valence-electron chi connectivity index (χ3n) is 5.56. The lowest BCUT2D eigenvalue weighted by Gasteiger charge is -2.20. The van der Waals surface area contributed by atoms with Crippen molar-refractivity contribution in [3.63, 3.8) is 0 Å². The van der Waals surface area contributed by atoms with Crippen molar-refractivity contribution < 1.29 is 4.79 Å². The fourth-order valence-electron chi connectivity index (χ4n) is 3.71. The van der Waals surface area contributed by atoms with E-state index < -0.39 is 23.2 Å². The molecule has 0 fully saturated rings. The Labute approximate surface area is 201 Å². The molecule has 1 amide bonds. The first-order chi connectivity index (χ1) is 16.4. The molecule has 172 valence electrons. The van der Waals surface area contributed by atoms with Crippen molar-refractivity contribution in [2.24, 2.45) is 0 Å². The third-order valence-corrected chi connectivity index (χ3v) is 5.81. The predicted molar refractivity (Wildman–Crippen MR) is 132 cm³/mol. The molecule has 3 aromatic carbocycles. The predicted octanol–water partition coefficient (Wildman–Crippen LogP) is 3.93. The van der Waals surface area contributed by atoms with Gasteiger partial charge >= 0.3 is 5.69 Å². The largest absolute Gasteiger partial charge is 0.352 e.